The molecule has 0 amide bonds. The Hall–Kier alpha value is -1.28. The molecule has 0 unspecified atom stereocenters. The van der Waals surface area contributed by atoms with Gasteiger partial charge in [0.2, 0.25) is 0 Å². The standard InChI is InChI=1S/C12H16N2/c1-7-9(3)14-12-8(2)10(6-13)4-5-11(7)12/h4-5,14H,6,13H2,1-3H3. The number of fused-ring (bicyclic) bond motifs is 1. The summed E-state index contributed by atoms with van der Waals surface area (Å²) in [5.41, 5.74) is 12.0. The number of aryl methyl sites for hydroxylation is 3. The van der Waals surface area contributed by atoms with Crippen LogP contribution < -0.4 is 5.73 Å². The Kier molecular flexibility index (Phi) is 2.08. The van der Waals surface area contributed by atoms with Crippen LogP contribution in [0.2, 0.25) is 0 Å². The largest absolute Gasteiger partial charge is 0.358 e. The molecule has 74 valence electrons. The van der Waals surface area contributed by atoms with Crippen LogP contribution in [0.4, 0.5) is 0 Å². The van der Waals surface area contributed by atoms with Crippen molar-refractivity contribution in [2.45, 2.75) is 27.3 Å². The zero-order valence-electron chi connectivity index (χ0n) is 8.94. The SMILES string of the molecule is Cc1[nH]c2c(C)c(CN)ccc2c1C. The minimum Gasteiger partial charge on any atom is -0.358 e. The second-order valence-electron chi connectivity index (χ2n) is 3.85. The van der Waals surface area contributed by atoms with E-state index in [1.165, 1.54) is 33.3 Å². The van der Waals surface area contributed by atoms with Gasteiger partial charge in [0.25, 0.3) is 0 Å². The number of aromatic nitrogens is 1. The average Bonchev–Trinajstić information content (AvgIpc) is 2.46. The molecular weight excluding hydrogens is 172 g/mol. The smallest absolute Gasteiger partial charge is 0.0491 e. The maximum absolute atomic E-state index is 5.67. The first kappa shape index (κ1) is 9.28. The normalized spacial score (nSPS) is 11.1. The van der Waals surface area contributed by atoms with E-state index in [0.717, 1.165) is 0 Å². The highest BCUT2D eigenvalue weighted by molar-refractivity contribution is 5.87. The lowest BCUT2D eigenvalue weighted by atomic mass is 10.0. The van der Waals surface area contributed by atoms with Crippen molar-refractivity contribution < 1.29 is 0 Å². The first-order chi connectivity index (χ1) is 6.65. The molecule has 0 aliphatic rings. The van der Waals surface area contributed by atoms with Crippen molar-refractivity contribution in [3.8, 4) is 0 Å². The molecule has 1 aromatic carbocycles. The van der Waals surface area contributed by atoms with Gasteiger partial charge in [-0.1, -0.05) is 12.1 Å². The van der Waals surface area contributed by atoms with Crippen LogP contribution in [0.5, 0.6) is 0 Å². The fourth-order valence-corrected chi connectivity index (χ4v) is 1.93. The van der Waals surface area contributed by atoms with Crippen molar-refractivity contribution >= 4 is 10.9 Å². The summed E-state index contributed by atoms with van der Waals surface area (Å²) in [6, 6.07) is 4.28. The van der Waals surface area contributed by atoms with Gasteiger partial charge in [0.15, 0.2) is 0 Å². The van der Waals surface area contributed by atoms with Crippen LogP contribution in [0.25, 0.3) is 10.9 Å². The van der Waals surface area contributed by atoms with Crippen molar-refractivity contribution in [1.82, 2.24) is 4.98 Å². The number of hydrogen-bond acceptors (Lipinski definition) is 1. The fourth-order valence-electron chi connectivity index (χ4n) is 1.93. The second-order valence-corrected chi connectivity index (χ2v) is 3.85. The van der Waals surface area contributed by atoms with Gasteiger partial charge >= 0.3 is 0 Å². The number of benzene rings is 1. The third-order valence-corrected chi connectivity index (χ3v) is 3.08. The molecule has 1 heterocycles. The molecule has 0 saturated heterocycles. The number of nitrogens with two attached hydrogens (primary N) is 1. The zero-order chi connectivity index (χ0) is 10.3. The lowest BCUT2D eigenvalue weighted by molar-refractivity contribution is 1.05. The molecule has 0 aliphatic heterocycles. The maximum Gasteiger partial charge on any atom is 0.0491 e. The summed E-state index contributed by atoms with van der Waals surface area (Å²) in [4.78, 5) is 3.41. The highest BCUT2D eigenvalue weighted by Crippen LogP contribution is 2.25. The third-order valence-electron chi connectivity index (χ3n) is 3.08. The van der Waals surface area contributed by atoms with Crippen LogP contribution in [0.3, 0.4) is 0 Å². The highest BCUT2D eigenvalue weighted by atomic mass is 14.7. The number of hydrogen-bond donors (Lipinski definition) is 2. The van der Waals surface area contributed by atoms with Crippen molar-refractivity contribution in [2.75, 3.05) is 0 Å². The van der Waals surface area contributed by atoms with E-state index in [0.29, 0.717) is 6.54 Å². The van der Waals surface area contributed by atoms with Crippen LogP contribution in [-0.2, 0) is 6.54 Å². The van der Waals surface area contributed by atoms with Gasteiger partial charge in [-0.2, -0.15) is 0 Å². The van der Waals surface area contributed by atoms with Crippen molar-refractivity contribution in [3.05, 3.63) is 34.5 Å². The predicted molar refractivity (Wildman–Crippen MR) is 60.4 cm³/mol. The molecule has 0 aliphatic carbocycles. The van der Waals surface area contributed by atoms with Crippen LogP contribution in [0, 0.1) is 20.8 Å². The highest BCUT2D eigenvalue weighted by Gasteiger charge is 2.08. The van der Waals surface area contributed by atoms with E-state index in [-0.39, 0.29) is 0 Å². The van der Waals surface area contributed by atoms with Gasteiger partial charge in [0.1, 0.15) is 0 Å². The first-order valence-corrected chi connectivity index (χ1v) is 4.92. The average molecular weight is 188 g/mol. The van der Waals surface area contributed by atoms with Gasteiger partial charge in [0.05, 0.1) is 0 Å². The van der Waals surface area contributed by atoms with E-state index >= 15 is 0 Å². The fraction of sp³-hybridized carbons (Fsp3) is 0.333. The molecule has 2 rings (SSSR count). The predicted octanol–water partition coefficient (Wildman–Crippen LogP) is 2.55. The molecule has 0 fully saturated rings. The van der Waals surface area contributed by atoms with Crippen molar-refractivity contribution in [2.24, 2.45) is 5.73 Å². The monoisotopic (exact) mass is 188 g/mol. The van der Waals surface area contributed by atoms with Crippen LogP contribution in [0.15, 0.2) is 12.1 Å². The maximum atomic E-state index is 5.67. The van der Waals surface area contributed by atoms with E-state index in [4.69, 9.17) is 5.73 Å². The summed E-state index contributed by atoms with van der Waals surface area (Å²) >= 11 is 0. The summed E-state index contributed by atoms with van der Waals surface area (Å²) in [6.45, 7) is 6.99. The molecule has 2 nitrogen and oxygen atoms in total. The number of aromatic amines is 1. The number of rotatable bonds is 1. The second kappa shape index (κ2) is 3.14. The first-order valence-electron chi connectivity index (χ1n) is 4.92. The molecule has 14 heavy (non-hydrogen) atoms. The van der Waals surface area contributed by atoms with E-state index in [9.17, 15) is 0 Å². The van der Waals surface area contributed by atoms with Gasteiger partial charge in [-0.25, -0.2) is 0 Å². The van der Waals surface area contributed by atoms with Gasteiger partial charge in [-0.05, 0) is 37.5 Å². The summed E-state index contributed by atoms with van der Waals surface area (Å²) in [7, 11) is 0. The summed E-state index contributed by atoms with van der Waals surface area (Å²) < 4.78 is 0. The minimum atomic E-state index is 0.610. The molecule has 0 radical (unpaired) electrons. The summed E-state index contributed by atoms with van der Waals surface area (Å²) in [6.07, 6.45) is 0. The van der Waals surface area contributed by atoms with Crippen molar-refractivity contribution in [3.63, 3.8) is 0 Å². The molecule has 0 saturated carbocycles. The molecule has 0 atom stereocenters. The molecule has 3 N–H and O–H groups in total. The van der Waals surface area contributed by atoms with Gasteiger partial charge in [-0.15, -0.1) is 0 Å². The molecule has 0 spiro atoms. The third kappa shape index (κ3) is 1.15. The van der Waals surface area contributed by atoms with Crippen molar-refractivity contribution in [1.29, 1.82) is 0 Å². The van der Waals surface area contributed by atoms with Crippen LogP contribution in [-0.4, -0.2) is 4.98 Å². The minimum absolute atomic E-state index is 0.610. The summed E-state index contributed by atoms with van der Waals surface area (Å²) in [5.74, 6) is 0. The molecule has 2 aromatic rings. The van der Waals surface area contributed by atoms with E-state index in [1.807, 2.05) is 0 Å². The Balaban J connectivity index is 2.83. The van der Waals surface area contributed by atoms with Gasteiger partial charge in [0, 0.05) is 23.1 Å². The Bertz CT molecular complexity index is 481. The Labute approximate surface area is 84.1 Å². The lowest BCUT2D eigenvalue weighted by Gasteiger charge is -2.03. The Morgan fingerprint density at radius 1 is 1.14 bits per heavy atom. The summed E-state index contributed by atoms with van der Waals surface area (Å²) in [5, 5.41) is 1.32. The van der Waals surface area contributed by atoms with Crippen LogP contribution in [0.1, 0.15) is 22.4 Å². The number of H-pyrrole nitrogens is 1. The van der Waals surface area contributed by atoms with E-state index in [1.54, 1.807) is 0 Å². The molecule has 0 bridgehead atoms. The van der Waals surface area contributed by atoms with E-state index in [2.05, 4.69) is 37.9 Å². The van der Waals surface area contributed by atoms with Crippen LogP contribution >= 0.6 is 0 Å². The number of nitrogens with one attached hydrogen (secondary N) is 1. The van der Waals surface area contributed by atoms with Gasteiger partial charge < -0.3 is 10.7 Å². The Morgan fingerprint density at radius 2 is 1.86 bits per heavy atom. The quantitative estimate of drug-likeness (QED) is 0.709. The molecule has 1 aromatic heterocycles. The lowest BCUT2D eigenvalue weighted by Crippen LogP contribution is -1.98. The van der Waals surface area contributed by atoms with Gasteiger partial charge in [-0.3, -0.25) is 0 Å². The zero-order valence-corrected chi connectivity index (χ0v) is 8.94. The Morgan fingerprint density at radius 3 is 2.50 bits per heavy atom. The molecular formula is C12H16N2. The molecule has 2 heteroatoms. The van der Waals surface area contributed by atoms with E-state index < -0.39 is 0 Å². The topological polar surface area (TPSA) is 41.8 Å².